The Morgan fingerprint density at radius 1 is 1.14 bits per heavy atom. The first-order chi connectivity index (χ1) is 20.4. The Balaban J connectivity index is 1.49. The maximum Gasteiger partial charge on any atom is 0.413 e. The van der Waals surface area contributed by atoms with Crippen molar-refractivity contribution in [2.24, 2.45) is 5.92 Å². The van der Waals surface area contributed by atoms with Crippen LogP contribution in [-0.2, 0) is 14.0 Å². The molecule has 0 saturated heterocycles. The summed E-state index contributed by atoms with van der Waals surface area (Å²) in [7, 11) is 0.810. The van der Waals surface area contributed by atoms with Crippen LogP contribution in [0.15, 0.2) is 30.5 Å². The molecule has 242 valence electrons. The van der Waals surface area contributed by atoms with Gasteiger partial charge in [-0.3, -0.25) is 4.79 Å². The Labute approximate surface area is 262 Å². The molecule has 9 nitrogen and oxygen atoms in total. The molecule has 2 aromatic heterocycles. The van der Waals surface area contributed by atoms with Crippen LogP contribution in [0.1, 0.15) is 76.8 Å². The summed E-state index contributed by atoms with van der Waals surface area (Å²) >= 11 is 5.97. The molecule has 14 heteroatoms. The number of amides is 1. The van der Waals surface area contributed by atoms with Gasteiger partial charge in [0.05, 0.1) is 23.7 Å². The van der Waals surface area contributed by atoms with Crippen LogP contribution in [0.2, 0.25) is 23.4 Å². The smallest absolute Gasteiger partial charge is 0.413 e. The third kappa shape index (κ3) is 7.38. The third-order valence-corrected chi connectivity index (χ3v) is 13.7. The number of fused-ring (bicyclic) bond motifs is 1. The van der Waals surface area contributed by atoms with Gasteiger partial charge in [0, 0.05) is 31.9 Å². The fourth-order valence-electron chi connectivity index (χ4n) is 5.40. The molecule has 1 aliphatic rings. The minimum atomic E-state index is -4.66. The molecule has 1 aliphatic carbocycles. The van der Waals surface area contributed by atoms with E-state index in [-0.39, 0.29) is 27.8 Å². The minimum Gasteiger partial charge on any atom is -0.414 e. The van der Waals surface area contributed by atoms with Crippen molar-refractivity contribution in [1.82, 2.24) is 24.5 Å². The zero-order valence-corrected chi connectivity index (χ0v) is 28.3. The van der Waals surface area contributed by atoms with Gasteiger partial charge >= 0.3 is 6.18 Å². The number of ether oxygens (including phenoxy) is 1. The van der Waals surface area contributed by atoms with Crippen molar-refractivity contribution in [2.45, 2.75) is 95.9 Å². The topological polar surface area (TPSA) is 93.9 Å². The van der Waals surface area contributed by atoms with Crippen molar-refractivity contribution in [3.8, 4) is 0 Å². The molecule has 0 spiro atoms. The summed E-state index contributed by atoms with van der Waals surface area (Å²) < 4.78 is 56.8. The molecule has 0 aliphatic heterocycles. The lowest BCUT2D eigenvalue weighted by atomic mass is 9.86. The number of rotatable bonds is 9. The van der Waals surface area contributed by atoms with E-state index in [4.69, 9.17) is 20.8 Å². The van der Waals surface area contributed by atoms with E-state index in [0.29, 0.717) is 42.8 Å². The van der Waals surface area contributed by atoms with E-state index < -0.39 is 38.5 Å². The maximum atomic E-state index is 14.4. The highest BCUT2D eigenvalue weighted by molar-refractivity contribution is 6.74. The molecule has 2 heterocycles. The predicted molar refractivity (Wildman–Crippen MR) is 167 cm³/mol. The van der Waals surface area contributed by atoms with Gasteiger partial charge in [-0.1, -0.05) is 32.9 Å². The fraction of sp³-hybridized carbons (Fsp3) is 0.600. The van der Waals surface area contributed by atoms with Gasteiger partial charge in [0.15, 0.2) is 14.4 Å². The van der Waals surface area contributed by atoms with Crippen LogP contribution in [0, 0.1) is 5.92 Å². The summed E-state index contributed by atoms with van der Waals surface area (Å²) in [5.41, 5.74) is 1.59. The average molecular weight is 655 g/mol. The highest BCUT2D eigenvalue weighted by Gasteiger charge is 2.47. The summed E-state index contributed by atoms with van der Waals surface area (Å²) in [6.45, 7) is 12.7. The van der Waals surface area contributed by atoms with Gasteiger partial charge in [-0.2, -0.15) is 22.7 Å². The lowest BCUT2D eigenvalue weighted by molar-refractivity contribution is -0.191. The molecule has 0 bridgehead atoms. The van der Waals surface area contributed by atoms with E-state index in [1.165, 1.54) is 49.1 Å². The summed E-state index contributed by atoms with van der Waals surface area (Å²) in [6.07, 6.45) is -1.17. The van der Waals surface area contributed by atoms with Gasteiger partial charge in [0.1, 0.15) is 0 Å². The zero-order chi connectivity index (χ0) is 32.6. The molecule has 0 radical (unpaired) electrons. The van der Waals surface area contributed by atoms with E-state index in [2.05, 4.69) is 54.2 Å². The second kappa shape index (κ2) is 12.9. The Kier molecular flexibility index (Phi) is 10.0. The number of aromatic nitrogens is 4. The molecule has 44 heavy (non-hydrogen) atoms. The van der Waals surface area contributed by atoms with Gasteiger partial charge in [-0.25, -0.2) is 4.98 Å². The molecule has 4 rings (SSSR count). The van der Waals surface area contributed by atoms with Crippen molar-refractivity contribution in [2.75, 3.05) is 19.5 Å². The second-order valence-electron chi connectivity index (χ2n) is 13.0. The molecule has 1 amide bonds. The number of carbonyl (C=O) groups is 1. The van der Waals surface area contributed by atoms with E-state index in [9.17, 15) is 18.0 Å². The fourth-order valence-corrected chi connectivity index (χ4v) is 6.97. The molecule has 1 fully saturated rings. The SMILES string of the molecule is CO[C@@H](C)c1c(Nc2ccc([C@@H](N(C)C(=O)C3CCC(O[Si](C)(C)C(C)(C)C)CC3)C(F)(F)F)cc2)cnc2nc(Cl)nn12. The van der Waals surface area contributed by atoms with Gasteiger partial charge in [0.2, 0.25) is 11.2 Å². The number of halogens is 4. The lowest BCUT2D eigenvalue weighted by Gasteiger charge is -2.41. The average Bonchev–Trinajstić information content (AvgIpc) is 3.32. The molecule has 1 saturated carbocycles. The van der Waals surface area contributed by atoms with E-state index >= 15 is 0 Å². The standard InChI is InChI=1S/C30H42ClF3N6O3Si/c1-18(42-6)24-23(17-35-28-37-27(31)38-40(24)28)36-21-13-9-19(10-14-21)25(30(32,33)34)39(5)26(41)20-11-15-22(16-12-20)43-44(7,8)29(2,3)4/h9-10,13-14,17-18,20,22,25,36H,11-12,15-16H2,1-8H3/t18-,20?,22?,25+/m0/s1. The normalized spacial score (nSPS) is 19.5. The van der Waals surface area contributed by atoms with E-state index in [0.717, 1.165) is 4.90 Å². The minimum absolute atomic E-state index is 0.0212. The van der Waals surface area contributed by atoms with Crippen LogP contribution in [0.3, 0.4) is 0 Å². The van der Waals surface area contributed by atoms with Crippen molar-refractivity contribution in [3.05, 3.63) is 47.0 Å². The molecule has 1 N–H and O–H groups in total. The summed E-state index contributed by atoms with van der Waals surface area (Å²) in [4.78, 5) is 22.6. The zero-order valence-electron chi connectivity index (χ0n) is 26.5. The lowest BCUT2D eigenvalue weighted by Crippen LogP contribution is -2.46. The third-order valence-electron chi connectivity index (χ3n) is 8.96. The number of alkyl halides is 3. The molecule has 1 aromatic carbocycles. The van der Waals surface area contributed by atoms with Gasteiger partial charge in [-0.15, -0.1) is 5.10 Å². The molecule has 0 unspecified atom stereocenters. The van der Waals surface area contributed by atoms with Crippen molar-refractivity contribution in [1.29, 1.82) is 0 Å². The number of methoxy groups -OCH3 is 1. The summed E-state index contributed by atoms with van der Waals surface area (Å²) in [5.74, 6) is -0.685. The number of anilines is 2. The van der Waals surface area contributed by atoms with Gasteiger partial charge in [-0.05, 0) is 80.0 Å². The number of carbonyl (C=O) groups excluding carboxylic acids is 1. The van der Waals surface area contributed by atoms with Crippen molar-refractivity contribution >= 4 is 43.0 Å². The van der Waals surface area contributed by atoms with Gasteiger partial charge in [0.25, 0.3) is 5.78 Å². The molecular formula is C30H42ClF3N6O3Si. The van der Waals surface area contributed by atoms with Crippen LogP contribution in [0.25, 0.3) is 5.78 Å². The van der Waals surface area contributed by atoms with Crippen LogP contribution in [-0.4, -0.2) is 65.1 Å². The number of hydrogen-bond acceptors (Lipinski definition) is 7. The first-order valence-corrected chi connectivity index (χ1v) is 18.0. The van der Waals surface area contributed by atoms with Crippen LogP contribution in [0.4, 0.5) is 24.5 Å². The Morgan fingerprint density at radius 3 is 2.30 bits per heavy atom. The quantitative estimate of drug-likeness (QED) is 0.235. The van der Waals surface area contributed by atoms with E-state index in [1.807, 2.05) is 6.92 Å². The highest BCUT2D eigenvalue weighted by Crippen LogP contribution is 2.42. The predicted octanol–water partition coefficient (Wildman–Crippen LogP) is 7.87. The Hall–Kier alpha value is -2.74. The van der Waals surface area contributed by atoms with Gasteiger partial charge < -0.3 is 19.4 Å². The molecule has 2 atom stereocenters. The van der Waals surface area contributed by atoms with Crippen LogP contribution >= 0.6 is 11.6 Å². The van der Waals surface area contributed by atoms with Crippen LogP contribution < -0.4 is 5.32 Å². The largest absolute Gasteiger partial charge is 0.414 e. The number of benzene rings is 1. The number of nitrogens with zero attached hydrogens (tertiary/aromatic N) is 5. The van der Waals surface area contributed by atoms with Crippen molar-refractivity contribution < 1.29 is 27.1 Å². The maximum absolute atomic E-state index is 14.4. The van der Waals surface area contributed by atoms with Crippen LogP contribution in [0.5, 0.6) is 0 Å². The Morgan fingerprint density at radius 2 is 1.75 bits per heavy atom. The first-order valence-electron chi connectivity index (χ1n) is 14.7. The summed E-state index contributed by atoms with van der Waals surface area (Å²) in [6, 6.07) is 3.76. The second-order valence-corrected chi connectivity index (χ2v) is 18.1. The highest BCUT2D eigenvalue weighted by atomic mass is 35.5. The van der Waals surface area contributed by atoms with E-state index in [1.54, 1.807) is 0 Å². The molecule has 3 aromatic rings. The number of nitrogens with one attached hydrogen (secondary N) is 1. The summed E-state index contributed by atoms with van der Waals surface area (Å²) in [5, 5.41) is 7.44. The Bertz CT molecular complexity index is 1450. The molecular weight excluding hydrogens is 613 g/mol. The van der Waals surface area contributed by atoms with Crippen molar-refractivity contribution in [3.63, 3.8) is 0 Å². The monoisotopic (exact) mass is 654 g/mol. The first kappa shape index (κ1) is 34.1. The number of hydrogen-bond donors (Lipinski definition) is 1.